The van der Waals surface area contributed by atoms with Gasteiger partial charge in [0.15, 0.2) is 0 Å². The van der Waals surface area contributed by atoms with E-state index < -0.39 is 16.0 Å². The second-order valence-electron chi connectivity index (χ2n) is 4.11. The summed E-state index contributed by atoms with van der Waals surface area (Å²) < 4.78 is 32.9. The highest BCUT2D eigenvalue weighted by atomic mass is 32.2. The molecule has 7 heteroatoms. The summed E-state index contributed by atoms with van der Waals surface area (Å²) >= 11 is 0. The number of esters is 1. The summed E-state index contributed by atoms with van der Waals surface area (Å²) in [5, 5.41) is 5.05. The lowest BCUT2D eigenvalue weighted by Gasteiger charge is -2.11. The summed E-state index contributed by atoms with van der Waals surface area (Å²) in [6.07, 6.45) is 0. The smallest absolute Gasteiger partial charge is 0.341 e. The van der Waals surface area contributed by atoms with Crippen molar-refractivity contribution in [3.05, 3.63) is 54.1 Å². The van der Waals surface area contributed by atoms with Crippen LogP contribution in [0.2, 0.25) is 0 Å². The highest BCUT2D eigenvalue weighted by molar-refractivity contribution is 7.89. The van der Waals surface area contributed by atoms with Crippen LogP contribution < -0.4 is 9.88 Å². The van der Waals surface area contributed by atoms with Gasteiger partial charge in [0.25, 0.3) is 0 Å². The predicted octanol–water partition coefficient (Wildman–Crippen LogP) is 1.91. The average molecular weight is 307 g/mol. The first-order valence-corrected chi connectivity index (χ1v) is 7.44. The summed E-state index contributed by atoms with van der Waals surface area (Å²) in [5.74, 6) is -0.0297. The van der Waals surface area contributed by atoms with Crippen molar-refractivity contribution in [1.29, 1.82) is 0 Å². The third-order valence-corrected chi connectivity index (χ3v) is 3.57. The molecule has 0 aliphatic heterocycles. The van der Waals surface area contributed by atoms with E-state index in [9.17, 15) is 13.2 Å². The molecule has 0 bridgehead atoms. The van der Waals surface area contributed by atoms with E-state index in [0.717, 1.165) is 6.07 Å². The molecule has 0 spiro atoms. The standard InChI is InChI=1S/C14H13NO5S/c1-19-14(16)12-9-11(21(15,17)18)7-8-13(12)20-10-5-3-2-4-6-10/h2-9H,1H3,(H2,15,17,18). The maximum absolute atomic E-state index is 11.8. The maximum Gasteiger partial charge on any atom is 0.341 e. The summed E-state index contributed by atoms with van der Waals surface area (Å²) in [7, 11) is -2.73. The lowest BCUT2D eigenvalue weighted by molar-refractivity contribution is 0.0597. The van der Waals surface area contributed by atoms with Gasteiger partial charge in [-0.2, -0.15) is 0 Å². The number of carbonyl (C=O) groups is 1. The molecule has 0 aromatic heterocycles. The van der Waals surface area contributed by atoms with Crippen LogP contribution in [-0.2, 0) is 14.8 Å². The number of para-hydroxylation sites is 1. The van der Waals surface area contributed by atoms with Crippen LogP contribution >= 0.6 is 0 Å². The number of carbonyl (C=O) groups excluding carboxylic acids is 1. The van der Waals surface area contributed by atoms with Gasteiger partial charge in [0.1, 0.15) is 17.1 Å². The van der Waals surface area contributed by atoms with Crippen molar-refractivity contribution < 1.29 is 22.7 Å². The molecule has 0 aliphatic rings. The van der Waals surface area contributed by atoms with Crippen molar-refractivity contribution in [3.8, 4) is 11.5 Å². The van der Waals surface area contributed by atoms with Crippen LogP contribution in [0.4, 0.5) is 0 Å². The number of benzene rings is 2. The van der Waals surface area contributed by atoms with Gasteiger partial charge in [-0.1, -0.05) is 18.2 Å². The Hall–Kier alpha value is -2.38. The molecule has 0 saturated heterocycles. The van der Waals surface area contributed by atoms with Gasteiger partial charge < -0.3 is 9.47 Å². The topological polar surface area (TPSA) is 95.7 Å². The van der Waals surface area contributed by atoms with E-state index in [0.29, 0.717) is 5.75 Å². The Morgan fingerprint density at radius 1 is 1.10 bits per heavy atom. The molecule has 2 aromatic carbocycles. The Labute approximate surface area is 122 Å². The molecule has 0 fully saturated rings. The molecule has 0 saturated carbocycles. The van der Waals surface area contributed by atoms with Crippen LogP contribution in [0.5, 0.6) is 11.5 Å². The van der Waals surface area contributed by atoms with E-state index in [1.807, 2.05) is 6.07 Å². The van der Waals surface area contributed by atoms with E-state index in [1.54, 1.807) is 24.3 Å². The number of primary sulfonamides is 1. The van der Waals surface area contributed by atoms with Gasteiger partial charge in [-0.3, -0.25) is 0 Å². The minimum Gasteiger partial charge on any atom is -0.465 e. The van der Waals surface area contributed by atoms with Crippen molar-refractivity contribution in [2.75, 3.05) is 7.11 Å². The summed E-state index contributed by atoms with van der Waals surface area (Å²) in [6, 6.07) is 12.5. The first kappa shape index (κ1) is 15.0. The third-order valence-electron chi connectivity index (χ3n) is 2.66. The lowest BCUT2D eigenvalue weighted by Crippen LogP contribution is -2.14. The number of sulfonamides is 1. The van der Waals surface area contributed by atoms with Crippen LogP contribution in [0.1, 0.15) is 10.4 Å². The van der Waals surface area contributed by atoms with E-state index >= 15 is 0 Å². The van der Waals surface area contributed by atoms with Crippen molar-refractivity contribution in [2.45, 2.75) is 4.90 Å². The maximum atomic E-state index is 11.8. The van der Waals surface area contributed by atoms with Crippen molar-refractivity contribution in [3.63, 3.8) is 0 Å². The first-order chi connectivity index (χ1) is 9.91. The second-order valence-corrected chi connectivity index (χ2v) is 5.67. The molecule has 0 amide bonds. The Morgan fingerprint density at radius 2 is 1.76 bits per heavy atom. The lowest BCUT2D eigenvalue weighted by atomic mass is 10.2. The Kier molecular flexibility index (Phi) is 4.25. The molecule has 0 atom stereocenters. The number of nitrogens with two attached hydrogens (primary N) is 1. The molecule has 2 aromatic rings. The molecule has 6 nitrogen and oxygen atoms in total. The minimum atomic E-state index is -3.92. The van der Waals surface area contributed by atoms with Crippen molar-refractivity contribution >= 4 is 16.0 Å². The zero-order valence-electron chi connectivity index (χ0n) is 11.1. The van der Waals surface area contributed by atoms with E-state index in [4.69, 9.17) is 9.88 Å². The summed E-state index contributed by atoms with van der Waals surface area (Å²) in [6.45, 7) is 0. The summed E-state index contributed by atoms with van der Waals surface area (Å²) in [4.78, 5) is 11.6. The molecule has 21 heavy (non-hydrogen) atoms. The van der Waals surface area contributed by atoms with Gasteiger partial charge in [0.05, 0.1) is 12.0 Å². The van der Waals surface area contributed by atoms with Crippen LogP contribution in [0.15, 0.2) is 53.4 Å². The van der Waals surface area contributed by atoms with Gasteiger partial charge in [-0.25, -0.2) is 18.4 Å². The van der Waals surface area contributed by atoms with E-state index in [1.165, 1.54) is 19.2 Å². The van der Waals surface area contributed by atoms with Gasteiger partial charge in [0, 0.05) is 0 Å². The molecule has 0 radical (unpaired) electrons. The van der Waals surface area contributed by atoms with Gasteiger partial charge in [0.2, 0.25) is 10.0 Å². The SMILES string of the molecule is COC(=O)c1cc(S(N)(=O)=O)ccc1Oc1ccccc1. The molecule has 2 N–H and O–H groups in total. The van der Waals surface area contributed by atoms with Crippen LogP contribution in [0.25, 0.3) is 0 Å². The third kappa shape index (κ3) is 3.59. The zero-order chi connectivity index (χ0) is 15.5. The Bertz CT molecular complexity index is 756. The number of hydrogen-bond acceptors (Lipinski definition) is 5. The molecule has 110 valence electrons. The zero-order valence-corrected chi connectivity index (χ0v) is 12.0. The first-order valence-electron chi connectivity index (χ1n) is 5.90. The van der Waals surface area contributed by atoms with Crippen LogP contribution in [0.3, 0.4) is 0 Å². The Balaban J connectivity index is 2.48. The van der Waals surface area contributed by atoms with Crippen LogP contribution in [0, 0.1) is 0 Å². The summed E-state index contributed by atoms with van der Waals surface area (Å²) in [5.41, 5.74) is -0.0205. The fourth-order valence-corrected chi connectivity index (χ4v) is 2.20. The average Bonchev–Trinajstić information content (AvgIpc) is 2.47. The molecule has 2 rings (SSSR count). The largest absolute Gasteiger partial charge is 0.465 e. The molecule has 0 aliphatic carbocycles. The number of ether oxygens (including phenoxy) is 2. The highest BCUT2D eigenvalue weighted by Crippen LogP contribution is 2.27. The van der Waals surface area contributed by atoms with E-state index in [-0.39, 0.29) is 16.2 Å². The van der Waals surface area contributed by atoms with Gasteiger partial charge in [-0.05, 0) is 30.3 Å². The number of rotatable bonds is 4. The van der Waals surface area contributed by atoms with Crippen LogP contribution in [-0.4, -0.2) is 21.5 Å². The fraction of sp³-hybridized carbons (Fsp3) is 0.0714. The highest BCUT2D eigenvalue weighted by Gasteiger charge is 2.18. The quantitative estimate of drug-likeness (QED) is 0.870. The van der Waals surface area contributed by atoms with Gasteiger partial charge in [-0.15, -0.1) is 0 Å². The minimum absolute atomic E-state index is 0.0205. The monoisotopic (exact) mass is 307 g/mol. The van der Waals surface area contributed by atoms with E-state index in [2.05, 4.69) is 4.74 Å². The molecular weight excluding hydrogens is 294 g/mol. The Morgan fingerprint density at radius 3 is 2.33 bits per heavy atom. The van der Waals surface area contributed by atoms with Gasteiger partial charge >= 0.3 is 5.97 Å². The fourth-order valence-electron chi connectivity index (χ4n) is 1.66. The van der Waals surface area contributed by atoms with Crippen molar-refractivity contribution in [2.24, 2.45) is 5.14 Å². The normalized spacial score (nSPS) is 11.0. The molecule has 0 heterocycles. The number of methoxy groups -OCH3 is 1. The van der Waals surface area contributed by atoms with Crippen molar-refractivity contribution in [1.82, 2.24) is 0 Å². The molecular formula is C14H13NO5S. The number of hydrogen-bond donors (Lipinski definition) is 1. The predicted molar refractivity (Wildman–Crippen MR) is 75.7 cm³/mol. The second kappa shape index (κ2) is 5.94. The molecule has 0 unspecified atom stereocenters.